The maximum absolute atomic E-state index is 8.91. The molecule has 0 aliphatic carbocycles. The first-order valence-corrected chi connectivity index (χ1v) is 17.5. The average Bonchev–Trinajstić information content (AvgIpc) is 3.16. The van der Waals surface area contributed by atoms with E-state index in [1.807, 2.05) is 110 Å². The first-order valence-electron chi connectivity index (χ1n) is 15.8. The Morgan fingerprint density at radius 3 is 1.57 bits per heavy atom. The van der Waals surface area contributed by atoms with Crippen molar-refractivity contribution in [3.8, 4) is 22.5 Å². The summed E-state index contributed by atoms with van der Waals surface area (Å²) in [4.78, 5) is 9.67. The van der Waals surface area contributed by atoms with Crippen LogP contribution in [-0.2, 0) is 0 Å². The van der Waals surface area contributed by atoms with E-state index in [1.54, 1.807) is 0 Å². The van der Waals surface area contributed by atoms with Crippen LogP contribution in [0.5, 0.6) is 0 Å². The second-order valence-corrected chi connectivity index (χ2v) is 13.5. The Hall–Kier alpha value is -5.41. The summed E-state index contributed by atoms with van der Waals surface area (Å²) in [5.41, 5.74) is 6.52. The van der Waals surface area contributed by atoms with E-state index < -0.39 is 0 Å². The minimum Gasteiger partial charge on any atom is -0.304 e. The Bertz CT molecular complexity index is 2340. The second-order valence-electron chi connectivity index (χ2n) is 11.4. The second kappa shape index (κ2) is 14.4. The number of thioether (sulfide) groups is 2. The number of hydrogen-bond donors (Lipinski definition) is 4. The van der Waals surface area contributed by atoms with E-state index in [0.717, 1.165) is 61.4 Å². The van der Waals surface area contributed by atoms with Crippen LogP contribution in [0.1, 0.15) is 27.9 Å². The summed E-state index contributed by atoms with van der Waals surface area (Å²) < 4.78 is 0. The molecule has 8 heteroatoms. The monoisotopic (exact) mass is 672 g/mol. The van der Waals surface area contributed by atoms with E-state index >= 15 is 0 Å². The Morgan fingerprint density at radius 2 is 1.02 bits per heavy atom. The van der Waals surface area contributed by atoms with Gasteiger partial charge in [-0.15, -0.1) is 0 Å². The molecule has 238 valence electrons. The number of benzene rings is 5. The predicted molar refractivity (Wildman–Crippen MR) is 208 cm³/mol. The van der Waals surface area contributed by atoms with Gasteiger partial charge in [0.05, 0.1) is 28.1 Å². The normalized spacial score (nSPS) is 11.8. The summed E-state index contributed by atoms with van der Waals surface area (Å²) in [6.45, 7) is 0. The van der Waals surface area contributed by atoms with Gasteiger partial charge in [0.15, 0.2) is 0 Å². The fourth-order valence-corrected chi connectivity index (χ4v) is 7.37. The van der Waals surface area contributed by atoms with Crippen molar-refractivity contribution in [2.45, 2.75) is 5.37 Å². The molecule has 0 fully saturated rings. The molecule has 0 saturated carbocycles. The summed E-state index contributed by atoms with van der Waals surface area (Å²) >= 11 is 2.47. The highest BCUT2D eigenvalue weighted by Gasteiger charge is 2.18. The lowest BCUT2D eigenvalue weighted by molar-refractivity contribution is 0.798. The van der Waals surface area contributed by atoms with Crippen LogP contribution in [0.15, 0.2) is 146 Å². The summed E-state index contributed by atoms with van der Waals surface area (Å²) in [5, 5.41) is 34.9. The Balaban J connectivity index is 1.03. The smallest absolute Gasteiger partial charge is 0.119 e. The van der Waals surface area contributed by atoms with E-state index in [2.05, 4.69) is 47.8 Å². The number of rotatable bonds is 8. The van der Waals surface area contributed by atoms with Crippen molar-refractivity contribution in [1.82, 2.24) is 15.3 Å². The topological polar surface area (TPSA) is 109 Å². The van der Waals surface area contributed by atoms with Crippen LogP contribution in [0.25, 0.3) is 44.1 Å². The van der Waals surface area contributed by atoms with Crippen molar-refractivity contribution in [2.75, 3.05) is 7.05 Å². The van der Waals surface area contributed by atoms with Gasteiger partial charge in [0, 0.05) is 16.7 Å². The van der Waals surface area contributed by atoms with Crippen molar-refractivity contribution < 1.29 is 0 Å². The van der Waals surface area contributed by atoms with Gasteiger partial charge < -0.3 is 5.32 Å². The molecular weight excluding hydrogens is 641 g/mol. The first-order chi connectivity index (χ1) is 24.0. The van der Waals surface area contributed by atoms with E-state index in [9.17, 15) is 0 Å². The largest absolute Gasteiger partial charge is 0.304 e. The molecule has 0 bridgehead atoms. The van der Waals surface area contributed by atoms with E-state index in [-0.39, 0.29) is 15.5 Å². The highest BCUT2D eigenvalue weighted by molar-refractivity contribution is 8.27. The Kier molecular flexibility index (Phi) is 9.43. The highest BCUT2D eigenvalue weighted by atomic mass is 32.2. The maximum Gasteiger partial charge on any atom is 0.119 e. The molecule has 0 saturated heterocycles. The van der Waals surface area contributed by atoms with Crippen LogP contribution < -0.4 is 5.32 Å². The Morgan fingerprint density at radius 1 is 0.531 bits per heavy atom. The van der Waals surface area contributed by atoms with Gasteiger partial charge in [-0.05, 0) is 70.2 Å². The lowest BCUT2D eigenvalue weighted by Gasteiger charge is -2.17. The molecule has 2 heterocycles. The third kappa shape index (κ3) is 6.93. The molecule has 0 aliphatic rings. The molecule has 6 nitrogen and oxygen atoms in total. The van der Waals surface area contributed by atoms with E-state index in [4.69, 9.17) is 26.2 Å². The molecule has 7 aromatic rings. The molecule has 7 rings (SSSR count). The van der Waals surface area contributed by atoms with Crippen LogP contribution in [0.4, 0.5) is 0 Å². The van der Waals surface area contributed by atoms with Crippen molar-refractivity contribution in [3.05, 3.63) is 168 Å². The highest BCUT2D eigenvalue weighted by Crippen LogP contribution is 2.32. The van der Waals surface area contributed by atoms with Gasteiger partial charge in [0.25, 0.3) is 0 Å². The van der Waals surface area contributed by atoms with Crippen LogP contribution in [-0.4, -0.2) is 32.1 Å². The molecule has 0 radical (unpaired) electrons. The molecule has 4 N–H and O–H groups in total. The molecule has 0 aliphatic heterocycles. The lowest BCUT2D eigenvalue weighted by atomic mass is 10.0. The first kappa shape index (κ1) is 32.2. The third-order valence-electron chi connectivity index (χ3n) is 8.27. The zero-order valence-electron chi connectivity index (χ0n) is 26.6. The summed E-state index contributed by atoms with van der Waals surface area (Å²) in [7, 11) is 1.87. The summed E-state index contributed by atoms with van der Waals surface area (Å²) in [5.74, 6) is 0. The molecule has 5 aromatic carbocycles. The number of fused-ring (bicyclic) bond motifs is 2. The number of pyridine rings is 2. The van der Waals surface area contributed by atoms with Gasteiger partial charge in [-0.1, -0.05) is 133 Å². The third-order valence-corrected chi connectivity index (χ3v) is 10.3. The molecule has 49 heavy (non-hydrogen) atoms. The standard InChI is InChI=1S/C41H32N6S2/c1-45-41(49-40(44)37-21-9-19-35(47-37)33-17-7-13-27-11-3-5-15-31(27)33)29-24-22-28(23-25-29)38(42)48-39(43)36-20-8-18-34(46-36)32-16-6-12-26-10-2-4-14-30(26)32/h2-25,41-45H,1H3. The van der Waals surface area contributed by atoms with Crippen molar-refractivity contribution >= 4 is 60.2 Å². The minimum atomic E-state index is -0.189. The molecule has 1 atom stereocenters. The minimum absolute atomic E-state index is 0.189. The fourth-order valence-electron chi connectivity index (χ4n) is 5.81. The molecule has 0 spiro atoms. The number of hydrogen-bond acceptors (Lipinski definition) is 8. The number of nitrogens with zero attached hydrogens (tertiary/aromatic N) is 2. The maximum atomic E-state index is 8.91. The van der Waals surface area contributed by atoms with Crippen molar-refractivity contribution in [2.24, 2.45) is 0 Å². The summed E-state index contributed by atoms with van der Waals surface area (Å²) in [6.07, 6.45) is 0. The van der Waals surface area contributed by atoms with Crippen LogP contribution >= 0.6 is 23.5 Å². The number of nitrogens with one attached hydrogen (secondary N) is 4. The SMILES string of the molecule is CNC(SC(=N)c1cccc(-c2cccc3ccccc23)n1)c1ccc(C(=N)SC(=N)c2cccc(-c3cccc4ccccc34)n2)cc1. The fraction of sp³-hybridized carbons (Fsp3) is 0.0488. The van der Waals surface area contributed by atoms with Crippen LogP contribution in [0.3, 0.4) is 0 Å². The van der Waals surface area contributed by atoms with Crippen LogP contribution in [0, 0.1) is 16.2 Å². The van der Waals surface area contributed by atoms with Crippen molar-refractivity contribution in [1.29, 1.82) is 16.2 Å². The van der Waals surface area contributed by atoms with Crippen molar-refractivity contribution in [3.63, 3.8) is 0 Å². The average molecular weight is 673 g/mol. The Labute approximate surface area is 293 Å². The zero-order chi connectivity index (χ0) is 33.7. The number of aromatic nitrogens is 2. The lowest BCUT2D eigenvalue weighted by Crippen LogP contribution is -2.16. The van der Waals surface area contributed by atoms with Gasteiger partial charge >= 0.3 is 0 Å². The van der Waals surface area contributed by atoms with Gasteiger partial charge in [0.2, 0.25) is 0 Å². The van der Waals surface area contributed by atoms with Gasteiger partial charge in [-0.3, -0.25) is 16.2 Å². The van der Waals surface area contributed by atoms with Gasteiger partial charge in [-0.2, -0.15) is 0 Å². The van der Waals surface area contributed by atoms with E-state index in [0.29, 0.717) is 22.0 Å². The molecule has 0 amide bonds. The predicted octanol–water partition coefficient (Wildman–Crippen LogP) is 10.2. The zero-order valence-corrected chi connectivity index (χ0v) is 28.3. The van der Waals surface area contributed by atoms with E-state index in [1.165, 1.54) is 11.8 Å². The quantitative estimate of drug-likeness (QED) is 0.0730. The van der Waals surface area contributed by atoms with Gasteiger partial charge in [0.1, 0.15) is 15.1 Å². The van der Waals surface area contributed by atoms with Gasteiger partial charge in [-0.25, -0.2) is 9.97 Å². The molecule has 1 unspecified atom stereocenters. The molecule has 2 aromatic heterocycles. The van der Waals surface area contributed by atoms with Crippen LogP contribution in [0.2, 0.25) is 0 Å². The summed E-state index contributed by atoms with van der Waals surface area (Å²) in [6, 6.07) is 48.0. The molecular formula is C41H32N6S2.